The Balaban J connectivity index is 2.03. The zero-order valence-corrected chi connectivity index (χ0v) is 17.2. The Morgan fingerprint density at radius 2 is 2.00 bits per heavy atom. The number of aliphatic hydroxyl groups is 1. The number of thiol groups is 1. The van der Waals surface area contributed by atoms with E-state index in [1.165, 1.54) is 12.3 Å². The number of nitrogens with one attached hydrogen (secondary N) is 2. The number of aromatic nitrogens is 1. The van der Waals surface area contributed by atoms with Crippen molar-refractivity contribution in [3.05, 3.63) is 47.9 Å². The lowest BCUT2D eigenvalue weighted by Crippen LogP contribution is -2.42. The average Bonchev–Trinajstić information content (AvgIpc) is 3.08. The number of hydrogen-bond acceptors (Lipinski definition) is 5. The summed E-state index contributed by atoms with van der Waals surface area (Å²) in [4.78, 5) is 11.9. The van der Waals surface area contributed by atoms with Gasteiger partial charge in [0, 0.05) is 44.8 Å². The highest BCUT2D eigenvalue weighted by Crippen LogP contribution is 2.25. The lowest BCUT2D eigenvalue weighted by molar-refractivity contribution is 0.0631. The maximum atomic E-state index is 12.4. The molecular formula is C16H22IN3O4S. The van der Waals surface area contributed by atoms with E-state index >= 15 is 0 Å². The lowest BCUT2D eigenvalue weighted by Gasteiger charge is -2.29. The van der Waals surface area contributed by atoms with Crippen LogP contribution in [0, 0.1) is 0 Å². The highest BCUT2D eigenvalue weighted by atomic mass is 127. The smallest absolute Gasteiger partial charge is 0.294 e. The molecule has 1 heterocycles. The SMILES string of the molecule is CC(C)[SH](=O)(I)NCC(C)(O)c1ccc(NC(=O)c2ccno2)cc1. The summed E-state index contributed by atoms with van der Waals surface area (Å²) in [6, 6.07) is 8.27. The minimum Gasteiger partial charge on any atom is -0.384 e. The highest BCUT2D eigenvalue weighted by Gasteiger charge is 2.26. The first kappa shape index (κ1) is 20.0. The van der Waals surface area contributed by atoms with Gasteiger partial charge in [0.2, 0.25) is 5.76 Å². The molecule has 0 spiro atoms. The van der Waals surface area contributed by atoms with E-state index in [0.717, 1.165) is 0 Å². The molecule has 3 N–H and O–H groups in total. The topological polar surface area (TPSA) is 104 Å². The predicted octanol–water partition coefficient (Wildman–Crippen LogP) is 2.41. The molecule has 1 aromatic heterocycles. The zero-order chi connectivity index (χ0) is 18.7. The summed E-state index contributed by atoms with van der Waals surface area (Å²) in [5.74, 6) is -0.284. The quantitative estimate of drug-likeness (QED) is 0.278. The Hall–Kier alpha value is -1.30. The molecule has 2 rings (SSSR count). The molecule has 25 heavy (non-hydrogen) atoms. The molecule has 9 heteroatoms. The summed E-state index contributed by atoms with van der Waals surface area (Å²) in [5.41, 5.74) is 0.0249. The van der Waals surface area contributed by atoms with Gasteiger partial charge in [0.25, 0.3) is 5.91 Å². The summed E-state index contributed by atoms with van der Waals surface area (Å²) in [6.07, 6.45) is 1.39. The molecule has 0 aliphatic carbocycles. The molecule has 2 aromatic rings. The van der Waals surface area contributed by atoms with E-state index in [9.17, 15) is 14.1 Å². The number of nitrogens with zero attached hydrogens (tertiary/aromatic N) is 1. The lowest BCUT2D eigenvalue weighted by atomic mass is 9.96. The Bertz CT molecular complexity index is 760. The van der Waals surface area contributed by atoms with Crippen LogP contribution in [0.1, 0.15) is 36.9 Å². The third-order valence-electron chi connectivity index (χ3n) is 3.73. The minimum atomic E-state index is -2.55. The second-order valence-corrected chi connectivity index (χ2v) is 13.0. The number of rotatable bonds is 7. The van der Waals surface area contributed by atoms with Crippen LogP contribution in [-0.2, 0) is 12.9 Å². The summed E-state index contributed by atoms with van der Waals surface area (Å²) in [7, 11) is -2.55. The molecule has 1 amide bonds. The van der Waals surface area contributed by atoms with Crippen molar-refractivity contribution in [3.8, 4) is 0 Å². The van der Waals surface area contributed by atoms with E-state index in [-0.39, 0.29) is 17.6 Å². The van der Waals surface area contributed by atoms with Crippen LogP contribution < -0.4 is 10.0 Å². The van der Waals surface area contributed by atoms with Crippen LogP contribution in [-0.4, -0.2) is 32.2 Å². The Kier molecular flexibility index (Phi) is 6.35. The maximum absolute atomic E-state index is 12.4. The standard InChI is InChI=1S/C16H22IN3O4S/c1-11(2)25(17,23)19-10-16(3,22)12-4-6-13(7-5-12)20-15(21)14-8-9-18-24-14/h4-9,11,22,25H,10H2,1-3H3,(H,19,23)(H,20,21). The monoisotopic (exact) mass is 479 g/mol. The first-order chi connectivity index (χ1) is 11.6. The molecule has 1 unspecified atom stereocenters. The fourth-order valence-corrected chi connectivity index (χ4v) is 3.38. The van der Waals surface area contributed by atoms with Crippen molar-refractivity contribution >= 4 is 40.1 Å². The first-order valence-electron chi connectivity index (χ1n) is 7.71. The number of amides is 1. The summed E-state index contributed by atoms with van der Waals surface area (Å²) in [5, 5.41) is 16.8. The van der Waals surface area contributed by atoms with Gasteiger partial charge in [-0.3, -0.25) is 9.00 Å². The number of carbonyl (C=O) groups is 1. The molecule has 0 aliphatic rings. The molecule has 0 saturated heterocycles. The minimum absolute atomic E-state index is 0.0161. The molecular weight excluding hydrogens is 457 g/mol. The molecule has 0 radical (unpaired) electrons. The Morgan fingerprint density at radius 3 is 2.52 bits per heavy atom. The van der Waals surface area contributed by atoms with Crippen LogP contribution in [0.2, 0.25) is 0 Å². The molecule has 0 bridgehead atoms. The number of anilines is 1. The largest absolute Gasteiger partial charge is 0.384 e. The van der Waals surface area contributed by atoms with Gasteiger partial charge in [-0.2, -0.15) is 0 Å². The molecule has 0 fully saturated rings. The fraction of sp³-hybridized carbons (Fsp3) is 0.375. The van der Waals surface area contributed by atoms with E-state index in [1.807, 2.05) is 35.1 Å². The van der Waals surface area contributed by atoms with Gasteiger partial charge in [0.05, 0.1) is 6.20 Å². The number of halogens is 1. The van der Waals surface area contributed by atoms with E-state index in [4.69, 9.17) is 4.52 Å². The van der Waals surface area contributed by atoms with Crippen molar-refractivity contribution in [2.24, 2.45) is 0 Å². The van der Waals surface area contributed by atoms with Gasteiger partial charge >= 0.3 is 0 Å². The zero-order valence-electron chi connectivity index (χ0n) is 14.2. The van der Waals surface area contributed by atoms with Gasteiger partial charge in [0.15, 0.2) is 0 Å². The van der Waals surface area contributed by atoms with E-state index < -0.39 is 18.8 Å². The average molecular weight is 479 g/mol. The molecule has 0 saturated carbocycles. The van der Waals surface area contributed by atoms with Crippen LogP contribution in [0.5, 0.6) is 0 Å². The van der Waals surface area contributed by atoms with Crippen LogP contribution in [0.25, 0.3) is 0 Å². The van der Waals surface area contributed by atoms with Crippen molar-refractivity contribution in [3.63, 3.8) is 0 Å². The molecule has 7 nitrogen and oxygen atoms in total. The summed E-state index contributed by atoms with van der Waals surface area (Å²) >= 11 is 1.92. The summed E-state index contributed by atoms with van der Waals surface area (Å²) in [6.45, 7) is 5.57. The van der Waals surface area contributed by atoms with Crippen LogP contribution in [0.4, 0.5) is 5.69 Å². The van der Waals surface area contributed by atoms with Gasteiger partial charge in [-0.15, -0.1) is 0 Å². The number of carbonyl (C=O) groups excluding carboxylic acids is 1. The second kappa shape index (κ2) is 7.94. The van der Waals surface area contributed by atoms with Gasteiger partial charge < -0.3 is 14.9 Å². The van der Waals surface area contributed by atoms with Crippen LogP contribution in [0.15, 0.2) is 41.1 Å². The van der Waals surface area contributed by atoms with Gasteiger partial charge in [0.1, 0.15) is 5.60 Å². The maximum Gasteiger partial charge on any atom is 0.294 e. The van der Waals surface area contributed by atoms with E-state index in [2.05, 4.69) is 15.2 Å². The first-order valence-corrected chi connectivity index (χ1v) is 12.3. The summed E-state index contributed by atoms with van der Waals surface area (Å²) < 4.78 is 20.1. The Morgan fingerprint density at radius 1 is 1.36 bits per heavy atom. The van der Waals surface area contributed by atoms with E-state index in [0.29, 0.717) is 11.3 Å². The molecule has 138 valence electrons. The van der Waals surface area contributed by atoms with Crippen molar-refractivity contribution < 1.29 is 18.6 Å². The Labute approximate surface area is 159 Å². The van der Waals surface area contributed by atoms with Gasteiger partial charge in [-0.1, -0.05) is 31.1 Å². The van der Waals surface area contributed by atoms with Crippen LogP contribution in [0.3, 0.4) is 0 Å². The molecule has 1 aromatic carbocycles. The normalized spacial score (nSPS) is 15.0. The fourth-order valence-electron chi connectivity index (χ4n) is 1.98. The second-order valence-electron chi connectivity index (χ2n) is 6.19. The van der Waals surface area contributed by atoms with Gasteiger partial charge in [-0.05, 0) is 31.9 Å². The highest BCUT2D eigenvalue weighted by molar-refractivity contribution is 14.2. The van der Waals surface area contributed by atoms with Crippen LogP contribution >= 0.6 is 21.2 Å². The van der Waals surface area contributed by atoms with Crippen molar-refractivity contribution in [1.29, 1.82) is 0 Å². The number of hydrogen-bond donors (Lipinski definition) is 4. The number of benzene rings is 1. The predicted molar refractivity (Wildman–Crippen MR) is 107 cm³/mol. The molecule has 1 atom stereocenters. The van der Waals surface area contributed by atoms with Crippen molar-refractivity contribution in [1.82, 2.24) is 9.88 Å². The third kappa shape index (κ3) is 5.33. The van der Waals surface area contributed by atoms with Crippen molar-refractivity contribution in [2.45, 2.75) is 31.6 Å². The molecule has 0 aliphatic heterocycles. The van der Waals surface area contributed by atoms with E-state index in [1.54, 1.807) is 31.2 Å². The van der Waals surface area contributed by atoms with Gasteiger partial charge in [-0.25, -0.2) is 4.72 Å². The third-order valence-corrected chi connectivity index (χ3v) is 10.0. The van der Waals surface area contributed by atoms with Crippen molar-refractivity contribution in [2.75, 3.05) is 11.9 Å².